The summed E-state index contributed by atoms with van der Waals surface area (Å²) in [5, 5.41) is 39.5. The Hall–Kier alpha value is -2.23. The molecule has 148 valence electrons. The van der Waals surface area contributed by atoms with Gasteiger partial charge in [0.25, 0.3) is 0 Å². The maximum atomic E-state index is 12.2. The molecule has 1 unspecified atom stereocenters. The fourth-order valence-electron chi connectivity index (χ4n) is 3.39. The van der Waals surface area contributed by atoms with E-state index in [0.29, 0.717) is 52.0 Å². The number of carbonyl (C=O) groups excluding carboxylic acids is 1. The summed E-state index contributed by atoms with van der Waals surface area (Å²) in [4.78, 5) is 15.2. The number of aliphatic hydroxyl groups excluding tert-OH is 4. The van der Waals surface area contributed by atoms with Gasteiger partial charge in [0.15, 0.2) is 0 Å². The van der Waals surface area contributed by atoms with Crippen LogP contribution in [0.2, 0.25) is 0 Å². The second kappa shape index (κ2) is 9.12. The van der Waals surface area contributed by atoms with Gasteiger partial charge in [0.1, 0.15) is 5.69 Å². The minimum absolute atomic E-state index is 0.117. The van der Waals surface area contributed by atoms with E-state index in [-0.39, 0.29) is 25.5 Å². The van der Waals surface area contributed by atoms with Crippen molar-refractivity contribution < 1.29 is 30.0 Å². The van der Waals surface area contributed by atoms with E-state index in [0.717, 1.165) is 0 Å². The molecular weight excluding hydrogens is 352 g/mol. The number of hydrogen-bond acceptors (Lipinski definition) is 7. The number of hydrogen-bond donors (Lipinski definition) is 6. The first kappa shape index (κ1) is 21.1. The number of ether oxygens (including phenoxy) is 1. The molecule has 0 saturated carbocycles. The van der Waals surface area contributed by atoms with Gasteiger partial charge in [-0.3, -0.25) is 0 Å². The smallest absolute Gasteiger partial charge is 0.354 e. The van der Waals surface area contributed by atoms with Crippen LogP contribution in [-0.4, -0.2) is 45.0 Å². The van der Waals surface area contributed by atoms with Crippen LogP contribution in [0.3, 0.4) is 0 Å². The number of carbonyl (C=O) groups is 1. The van der Waals surface area contributed by atoms with E-state index in [2.05, 4.69) is 4.98 Å². The average molecular weight is 378 g/mol. The number of benzene rings is 1. The molecule has 2 aromatic rings. The molecule has 8 heteroatoms. The van der Waals surface area contributed by atoms with Crippen LogP contribution in [0, 0.1) is 0 Å². The topological polar surface area (TPSA) is 149 Å². The van der Waals surface area contributed by atoms with Crippen molar-refractivity contribution in [1.29, 1.82) is 0 Å². The van der Waals surface area contributed by atoms with Gasteiger partial charge in [-0.2, -0.15) is 0 Å². The Morgan fingerprint density at radius 2 is 1.85 bits per heavy atom. The van der Waals surface area contributed by atoms with Crippen molar-refractivity contribution in [3.05, 3.63) is 45.8 Å². The van der Waals surface area contributed by atoms with Gasteiger partial charge >= 0.3 is 5.97 Å². The molecule has 0 aliphatic carbocycles. The normalized spacial score (nSPS) is 12.3. The molecule has 0 amide bonds. The Bertz CT molecular complexity index is 813. The SMILES string of the molecule is COC(=O)c1[nH]c(CCN)c(-c2ccc(CO)c(CO)c2CO)c1C(C)O. The van der Waals surface area contributed by atoms with Gasteiger partial charge in [-0.05, 0) is 35.7 Å². The highest BCUT2D eigenvalue weighted by molar-refractivity contribution is 5.93. The Balaban J connectivity index is 2.88. The van der Waals surface area contributed by atoms with Crippen LogP contribution < -0.4 is 5.73 Å². The lowest BCUT2D eigenvalue weighted by Gasteiger charge is -2.18. The fourth-order valence-corrected chi connectivity index (χ4v) is 3.39. The summed E-state index contributed by atoms with van der Waals surface area (Å²) in [5.41, 5.74) is 9.18. The van der Waals surface area contributed by atoms with E-state index in [4.69, 9.17) is 10.5 Å². The highest BCUT2D eigenvalue weighted by Crippen LogP contribution is 2.39. The highest BCUT2D eigenvalue weighted by Gasteiger charge is 2.28. The molecule has 1 heterocycles. The molecule has 1 aromatic heterocycles. The first-order valence-electron chi connectivity index (χ1n) is 8.62. The van der Waals surface area contributed by atoms with Crippen molar-refractivity contribution in [2.24, 2.45) is 5.73 Å². The molecule has 0 saturated heterocycles. The Labute approximate surface area is 157 Å². The fraction of sp³-hybridized carbons (Fsp3) is 0.421. The predicted molar refractivity (Wildman–Crippen MR) is 98.7 cm³/mol. The number of aromatic amines is 1. The van der Waals surface area contributed by atoms with Crippen LogP contribution in [0.1, 0.15) is 51.5 Å². The van der Waals surface area contributed by atoms with E-state index in [1.807, 2.05) is 0 Å². The lowest BCUT2D eigenvalue weighted by atomic mass is 9.88. The van der Waals surface area contributed by atoms with Crippen LogP contribution in [0.25, 0.3) is 11.1 Å². The molecule has 0 radical (unpaired) electrons. The van der Waals surface area contributed by atoms with Gasteiger partial charge in [-0.25, -0.2) is 4.79 Å². The maximum Gasteiger partial charge on any atom is 0.354 e. The largest absolute Gasteiger partial charge is 0.464 e. The number of nitrogens with one attached hydrogen (secondary N) is 1. The van der Waals surface area contributed by atoms with Crippen molar-refractivity contribution in [2.75, 3.05) is 13.7 Å². The number of H-pyrrole nitrogens is 1. The lowest BCUT2D eigenvalue weighted by molar-refractivity contribution is 0.0588. The van der Waals surface area contributed by atoms with E-state index < -0.39 is 12.1 Å². The summed E-state index contributed by atoms with van der Waals surface area (Å²) in [7, 11) is 1.25. The number of aromatic nitrogens is 1. The zero-order valence-electron chi connectivity index (χ0n) is 15.5. The number of methoxy groups -OCH3 is 1. The van der Waals surface area contributed by atoms with Crippen molar-refractivity contribution in [3.63, 3.8) is 0 Å². The summed E-state index contributed by atoms with van der Waals surface area (Å²) in [6.07, 6.45) is -0.605. The van der Waals surface area contributed by atoms with Gasteiger partial charge in [-0.15, -0.1) is 0 Å². The first-order chi connectivity index (χ1) is 12.9. The van der Waals surface area contributed by atoms with Crippen molar-refractivity contribution >= 4 is 5.97 Å². The summed E-state index contributed by atoms with van der Waals surface area (Å²) < 4.78 is 4.81. The van der Waals surface area contributed by atoms with Gasteiger partial charge in [0.2, 0.25) is 0 Å². The van der Waals surface area contributed by atoms with Crippen LogP contribution in [0.15, 0.2) is 12.1 Å². The summed E-state index contributed by atoms with van der Waals surface area (Å²) in [5.74, 6) is -0.629. The van der Waals surface area contributed by atoms with Crippen LogP contribution in [-0.2, 0) is 31.0 Å². The third-order valence-electron chi connectivity index (χ3n) is 4.60. The molecule has 1 aromatic carbocycles. The van der Waals surface area contributed by atoms with Crippen LogP contribution in [0.5, 0.6) is 0 Å². The molecule has 0 aliphatic rings. The van der Waals surface area contributed by atoms with Gasteiger partial charge in [0.05, 0.1) is 33.0 Å². The van der Waals surface area contributed by atoms with E-state index >= 15 is 0 Å². The maximum absolute atomic E-state index is 12.2. The minimum atomic E-state index is -1.00. The molecule has 27 heavy (non-hydrogen) atoms. The van der Waals surface area contributed by atoms with Gasteiger partial charge in [0, 0.05) is 23.2 Å². The van der Waals surface area contributed by atoms with Crippen LogP contribution in [0.4, 0.5) is 0 Å². The van der Waals surface area contributed by atoms with E-state index in [9.17, 15) is 25.2 Å². The minimum Gasteiger partial charge on any atom is -0.464 e. The van der Waals surface area contributed by atoms with Gasteiger partial charge in [-0.1, -0.05) is 12.1 Å². The van der Waals surface area contributed by atoms with Gasteiger partial charge < -0.3 is 35.9 Å². The lowest BCUT2D eigenvalue weighted by Crippen LogP contribution is -2.08. The standard InChI is InChI=1S/C19H26N2O6/c1-10(25)16-17(15(5-6-20)21-18(16)19(26)27-2)12-4-3-11(7-22)13(8-23)14(12)9-24/h3-4,10,21-25H,5-9,20H2,1-2H3. The molecule has 2 rings (SSSR count). The number of esters is 1. The molecule has 0 bridgehead atoms. The molecule has 8 nitrogen and oxygen atoms in total. The quantitative estimate of drug-likeness (QED) is 0.366. The highest BCUT2D eigenvalue weighted by atomic mass is 16.5. The third kappa shape index (κ3) is 3.90. The summed E-state index contributed by atoms with van der Waals surface area (Å²) in [6.45, 7) is 0.772. The zero-order chi connectivity index (χ0) is 20.1. The van der Waals surface area contributed by atoms with E-state index in [1.54, 1.807) is 12.1 Å². The summed E-state index contributed by atoms with van der Waals surface area (Å²) >= 11 is 0. The van der Waals surface area contributed by atoms with Crippen molar-refractivity contribution in [2.45, 2.75) is 39.3 Å². The number of nitrogens with two attached hydrogens (primary N) is 1. The summed E-state index contributed by atoms with van der Waals surface area (Å²) in [6, 6.07) is 3.33. The monoisotopic (exact) mass is 378 g/mol. The molecule has 0 fully saturated rings. The van der Waals surface area contributed by atoms with E-state index in [1.165, 1.54) is 14.0 Å². The Morgan fingerprint density at radius 1 is 1.19 bits per heavy atom. The second-order valence-electron chi connectivity index (χ2n) is 6.18. The Morgan fingerprint density at radius 3 is 2.33 bits per heavy atom. The average Bonchev–Trinajstić information content (AvgIpc) is 3.05. The zero-order valence-corrected chi connectivity index (χ0v) is 15.5. The van der Waals surface area contributed by atoms with Crippen LogP contribution >= 0.6 is 0 Å². The molecule has 7 N–H and O–H groups in total. The molecule has 1 atom stereocenters. The number of rotatable bonds is 8. The Kier molecular flexibility index (Phi) is 7.11. The first-order valence-corrected chi connectivity index (χ1v) is 8.62. The predicted octanol–water partition coefficient (Wildman–Crippen LogP) is 0.500. The second-order valence-corrected chi connectivity index (χ2v) is 6.18. The third-order valence-corrected chi connectivity index (χ3v) is 4.60. The number of aliphatic hydroxyl groups is 4. The molecule has 0 spiro atoms. The molecular formula is C19H26N2O6. The molecule has 0 aliphatic heterocycles. The van der Waals surface area contributed by atoms with Crippen molar-refractivity contribution in [1.82, 2.24) is 4.98 Å². The van der Waals surface area contributed by atoms with Crippen molar-refractivity contribution in [3.8, 4) is 11.1 Å².